The molecule has 0 bridgehead atoms. The van der Waals surface area contributed by atoms with Gasteiger partial charge in [0.15, 0.2) is 0 Å². The molecule has 0 rings (SSSR count). The second-order valence-electron chi connectivity index (χ2n) is 5.66. The molecular formula is C12H18F15O6P. The first-order chi connectivity index (χ1) is 14.3. The minimum Gasteiger partial charge on any atom is -0.387 e. The predicted molar refractivity (Wildman–Crippen MR) is 81.6 cm³/mol. The van der Waals surface area contributed by atoms with Crippen LogP contribution in [-0.2, 0) is 0 Å². The van der Waals surface area contributed by atoms with Gasteiger partial charge in [0.05, 0.1) is 0 Å². The van der Waals surface area contributed by atoms with Crippen LogP contribution in [-0.4, -0.2) is 84.6 Å². The number of hydrogen-bond acceptors (Lipinski definition) is 6. The Hall–Kier alpha value is -0.860. The zero-order valence-electron chi connectivity index (χ0n) is 16.5. The molecule has 0 saturated carbocycles. The second-order valence-corrected chi connectivity index (χ2v) is 6.20. The fraction of sp³-hybridized carbons (Fsp3) is 1.00. The van der Waals surface area contributed by atoms with Crippen molar-refractivity contribution in [2.24, 2.45) is 0 Å². The third kappa shape index (κ3) is 14.5. The van der Waals surface area contributed by atoms with Gasteiger partial charge in [0.1, 0.15) is 18.3 Å². The third-order valence-electron chi connectivity index (χ3n) is 2.71. The lowest BCUT2D eigenvalue weighted by molar-refractivity contribution is -0.310. The van der Waals surface area contributed by atoms with Crippen LogP contribution in [0.4, 0.5) is 65.9 Å². The lowest BCUT2D eigenvalue weighted by atomic mass is 10.2. The maximum Gasteiger partial charge on any atom is 0.456 e. The van der Waals surface area contributed by atoms with Gasteiger partial charge in [-0.3, -0.25) is 0 Å². The van der Waals surface area contributed by atoms with E-state index in [0.717, 1.165) is 0 Å². The highest BCUT2D eigenvalue weighted by atomic mass is 31.2. The summed E-state index contributed by atoms with van der Waals surface area (Å²) >= 11 is 0. The Bertz CT molecular complexity index is 469. The van der Waals surface area contributed by atoms with Crippen LogP contribution < -0.4 is 0 Å². The zero-order chi connectivity index (χ0) is 29.3. The van der Waals surface area contributed by atoms with Gasteiger partial charge >= 0.3 is 44.9 Å². The Labute approximate surface area is 181 Å². The van der Waals surface area contributed by atoms with Gasteiger partial charge in [-0.1, -0.05) is 0 Å². The summed E-state index contributed by atoms with van der Waals surface area (Å²) < 4.78 is 171. The molecule has 0 aliphatic heterocycles. The summed E-state index contributed by atoms with van der Waals surface area (Å²) in [6.07, 6.45) is -25.1. The fourth-order valence-electron chi connectivity index (χ4n) is 0.711. The van der Waals surface area contributed by atoms with Gasteiger partial charge < -0.3 is 30.0 Å². The minimum absolute atomic E-state index is 0.382. The molecule has 0 heterocycles. The van der Waals surface area contributed by atoms with E-state index in [2.05, 4.69) is 0 Å². The van der Waals surface area contributed by atoms with Gasteiger partial charge in [0.2, 0.25) is 0 Å². The summed E-state index contributed by atoms with van der Waals surface area (Å²) in [6.45, 7) is 1.15. The first-order valence-corrected chi connectivity index (χ1v) is 8.76. The van der Waals surface area contributed by atoms with E-state index >= 15 is 0 Å². The predicted octanol–water partition coefficient (Wildman–Crippen LogP) is 3.88. The van der Waals surface area contributed by atoms with Crippen LogP contribution in [0, 0.1) is 0 Å². The molecule has 0 saturated heterocycles. The van der Waals surface area contributed by atoms with Gasteiger partial charge in [-0.05, 0) is 20.8 Å². The Morgan fingerprint density at radius 2 is 0.500 bits per heavy atom. The van der Waals surface area contributed by atoms with Crippen molar-refractivity contribution in [1.29, 1.82) is 0 Å². The molecule has 0 aromatic carbocycles. The number of halogens is 15. The average molecular weight is 574 g/mol. The van der Waals surface area contributed by atoms with E-state index < -0.39 is 63.2 Å². The number of hydrogen-bond donors (Lipinski definition) is 6. The van der Waals surface area contributed by atoms with Gasteiger partial charge in [0.25, 0.3) is 0 Å². The van der Waals surface area contributed by atoms with E-state index in [9.17, 15) is 65.9 Å². The Balaban J connectivity index is -0.000000184. The SMILES string of the molecule is CC(O)C(F)(F)C(F)(F)F.CC(O)C(F)(F)C(F)(F)F.CC(O)C(F)(F)C(F)(F)F.OP(O)O. The van der Waals surface area contributed by atoms with E-state index in [1.807, 2.05) is 0 Å². The smallest absolute Gasteiger partial charge is 0.387 e. The van der Waals surface area contributed by atoms with Crippen LogP contribution in [0.15, 0.2) is 0 Å². The van der Waals surface area contributed by atoms with E-state index in [1.165, 1.54) is 0 Å². The molecular weight excluding hydrogens is 556 g/mol. The van der Waals surface area contributed by atoms with Gasteiger partial charge in [-0.15, -0.1) is 0 Å². The second kappa shape index (κ2) is 14.0. The summed E-state index contributed by atoms with van der Waals surface area (Å²) in [5, 5.41) is 23.8. The number of alkyl halides is 15. The van der Waals surface area contributed by atoms with Crippen molar-refractivity contribution in [2.75, 3.05) is 0 Å². The van der Waals surface area contributed by atoms with Crippen LogP contribution in [0.1, 0.15) is 20.8 Å². The molecule has 34 heavy (non-hydrogen) atoms. The van der Waals surface area contributed by atoms with Crippen molar-refractivity contribution < 1.29 is 95.9 Å². The quantitative estimate of drug-likeness (QED) is 0.225. The molecule has 6 N–H and O–H groups in total. The van der Waals surface area contributed by atoms with Crippen LogP contribution in [0.25, 0.3) is 0 Å². The van der Waals surface area contributed by atoms with Crippen molar-refractivity contribution in [2.45, 2.75) is 75.4 Å². The molecule has 3 atom stereocenters. The van der Waals surface area contributed by atoms with Crippen LogP contribution in [0.5, 0.6) is 0 Å². The summed E-state index contributed by atoms with van der Waals surface area (Å²) in [4.78, 5) is 21.7. The minimum atomic E-state index is -5.67. The van der Waals surface area contributed by atoms with Crippen molar-refractivity contribution in [3.05, 3.63) is 0 Å². The van der Waals surface area contributed by atoms with Crippen molar-refractivity contribution in [3.63, 3.8) is 0 Å². The van der Waals surface area contributed by atoms with Crippen molar-refractivity contribution >= 4 is 8.60 Å². The fourth-order valence-corrected chi connectivity index (χ4v) is 0.711. The maximum atomic E-state index is 11.7. The molecule has 22 heteroatoms. The number of aliphatic hydroxyl groups is 3. The van der Waals surface area contributed by atoms with Crippen LogP contribution >= 0.6 is 8.60 Å². The lowest BCUT2D eigenvalue weighted by Crippen LogP contribution is -2.45. The molecule has 0 aromatic heterocycles. The van der Waals surface area contributed by atoms with Gasteiger partial charge in [0, 0.05) is 0 Å². The molecule has 212 valence electrons. The normalized spacial score (nSPS) is 16.1. The highest BCUT2D eigenvalue weighted by Crippen LogP contribution is 2.39. The maximum absolute atomic E-state index is 11.7. The first-order valence-electron chi connectivity index (χ1n) is 7.56. The highest BCUT2D eigenvalue weighted by Gasteiger charge is 2.62. The average Bonchev–Trinajstić information content (AvgIpc) is 2.51. The van der Waals surface area contributed by atoms with E-state index in [-0.39, 0.29) is 0 Å². The van der Waals surface area contributed by atoms with E-state index in [4.69, 9.17) is 30.0 Å². The molecule has 0 aliphatic rings. The largest absolute Gasteiger partial charge is 0.456 e. The number of aliphatic hydroxyl groups excluding tert-OH is 3. The van der Waals surface area contributed by atoms with E-state index in [0.29, 0.717) is 20.8 Å². The summed E-state index contributed by atoms with van der Waals surface area (Å²) in [6, 6.07) is 0. The Kier molecular flexibility index (Phi) is 16.6. The van der Waals surface area contributed by atoms with Gasteiger partial charge in [-0.2, -0.15) is 65.9 Å². The summed E-state index contributed by atoms with van der Waals surface area (Å²) in [5.74, 6) is -15.0. The summed E-state index contributed by atoms with van der Waals surface area (Å²) in [7, 11) is -2.62. The molecule has 0 aliphatic carbocycles. The Morgan fingerprint density at radius 1 is 0.412 bits per heavy atom. The summed E-state index contributed by atoms with van der Waals surface area (Å²) in [5.41, 5.74) is 0. The van der Waals surface area contributed by atoms with Crippen LogP contribution in [0.3, 0.4) is 0 Å². The zero-order valence-corrected chi connectivity index (χ0v) is 17.4. The number of rotatable bonds is 3. The standard InChI is InChI=1S/3C4H5F5O.H3O3P/c3*1-2(10)3(5,6)4(7,8)9;1-4(2)3/h3*2,10H,1H3;1-3H. The van der Waals surface area contributed by atoms with Crippen molar-refractivity contribution in [3.8, 4) is 0 Å². The van der Waals surface area contributed by atoms with Crippen LogP contribution in [0.2, 0.25) is 0 Å². The monoisotopic (exact) mass is 574 g/mol. The van der Waals surface area contributed by atoms with Gasteiger partial charge in [-0.25, -0.2) is 0 Å². The lowest BCUT2D eigenvalue weighted by Gasteiger charge is -2.21. The highest BCUT2D eigenvalue weighted by molar-refractivity contribution is 7.38. The molecule has 3 unspecified atom stereocenters. The molecule has 0 fully saturated rings. The first kappa shape index (κ1) is 40.3. The molecule has 0 aromatic rings. The molecule has 0 spiro atoms. The topological polar surface area (TPSA) is 121 Å². The molecule has 0 radical (unpaired) electrons. The molecule has 0 amide bonds. The molecule has 6 nitrogen and oxygen atoms in total. The van der Waals surface area contributed by atoms with E-state index in [1.54, 1.807) is 0 Å². The Morgan fingerprint density at radius 3 is 0.500 bits per heavy atom. The third-order valence-corrected chi connectivity index (χ3v) is 2.71. The van der Waals surface area contributed by atoms with Crippen molar-refractivity contribution in [1.82, 2.24) is 0 Å².